The number of aromatic nitrogens is 1. The Morgan fingerprint density at radius 1 is 1.53 bits per heavy atom. The van der Waals surface area contributed by atoms with Crippen LogP contribution >= 0.6 is 0 Å². The quantitative estimate of drug-likeness (QED) is 0.559. The second-order valence-electron chi connectivity index (χ2n) is 3.06. The molecule has 0 atom stereocenters. The van der Waals surface area contributed by atoms with Gasteiger partial charge in [-0.1, -0.05) is 6.58 Å². The molecule has 0 saturated carbocycles. The molecule has 0 N–H and O–H groups in total. The Kier molecular flexibility index (Phi) is 3.85. The molecule has 0 spiro atoms. The highest BCUT2D eigenvalue weighted by molar-refractivity contribution is 5.89. The van der Waals surface area contributed by atoms with Crippen molar-refractivity contribution in [2.75, 3.05) is 7.11 Å². The minimum Gasteiger partial charge on any atom is -0.494 e. The summed E-state index contributed by atoms with van der Waals surface area (Å²) in [5.41, 5.74) is 1.22. The van der Waals surface area contributed by atoms with Crippen LogP contribution in [0.3, 0.4) is 0 Å². The lowest BCUT2D eigenvalue weighted by Gasteiger charge is -2.05. The monoisotopic (exact) mass is 207 g/mol. The van der Waals surface area contributed by atoms with Crippen molar-refractivity contribution in [1.29, 1.82) is 0 Å². The second kappa shape index (κ2) is 5.14. The Morgan fingerprint density at radius 3 is 2.87 bits per heavy atom. The Bertz CT molecular complexity index is 374. The summed E-state index contributed by atoms with van der Waals surface area (Å²) in [4.78, 5) is 15.1. The molecular formula is C11H13NO3. The molecule has 0 aromatic carbocycles. The van der Waals surface area contributed by atoms with E-state index in [1.165, 1.54) is 13.3 Å². The van der Waals surface area contributed by atoms with Gasteiger partial charge in [-0.15, -0.1) is 0 Å². The zero-order valence-corrected chi connectivity index (χ0v) is 8.82. The maximum Gasteiger partial charge on any atom is 0.339 e. The number of carbonyl (C=O) groups excluding carboxylic acids is 1. The zero-order chi connectivity index (χ0) is 11.3. The van der Waals surface area contributed by atoms with E-state index in [9.17, 15) is 4.79 Å². The number of esters is 1. The van der Waals surface area contributed by atoms with Crippen molar-refractivity contribution in [1.82, 2.24) is 4.98 Å². The highest BCUT2D eigenvalue weighted by Crippen LogP contribution is 2.07. The van der Waals surface area contributed by atoms with Gasteiger partial charge in [0.25, 0.3) is 0 Å². The molecule has 0 aliphatic carbocycles. The molecule has 0 aliphatic rings. The molecule has 0 unspecified atom stereocenters. The van der Waals surface area contributed by atoms with Crippen LogP contribution in [0.15, 0.2) is 30.8 Å². The van der Waals surface area contributed by atoms with E-state index in [4.69, 9.17) is 4.74 Å². The highest BCUT2D eigenvalue weighted by Gasteiger charge is 2.06. The Labute approximate surface area is 88.5 Å². The van der Waals surface area contributed by atoms with Crippen molar-refractivity contribution in [3.05, 3.63) is 41.9 Å². The Hall–Kier alpha value is -1.84. The molecule has 0 amide bonds. The zero-order valence-electron chi connectivity index (χ0n) is 8.82. The van der Waals surface area contributed by atoms with Crippen LogP contribution in [0.2, 0.25) is 0 Å². The van der Waals surface area contributed by atoms with Crippen molar-refractivity contribution < 1.29 is 14.3 Å². The SMILES string of the molecule is C=C(C)OCc1cncc(C(=O)OC)c1. The van der Waals surface area contributed by atoms with E-state index < -0.39 is 5.97 Å². The number of methoxy groups -OCH3 is 1. The summed E-state index contributed by atoms with van der Waals surface area (Å²) >= 11 is 0. The second-order valence-corrected chi connectivity index (χ2v) is 3.06. The van der Waals surface area contributed by atoms with E-state index in [0.717, 1.165) is 5.56 Å². The van der Waals surface area contributed by atoms with Crippen molar-refractivity contribution in [2.45, 2.75) is 13.5 Å². The lowest BCUT2D eigenvalue weighted by Crippen LogP contribution is -2.03. The summed E-state index contributed by atoms with van der Waals surface area (Å²) in [6.07, 6.45) is 3.09. The first kappa shape index (κ1) is 11.2. The Morgan fingerprint density at radius 2 is 2.27 bits per heavy atom. The highest BCUT2D eigenvalue weighted by atomic mass is 16.5. The van der Waals surface area contributed by atoms with Gasteiger partial charge in [0.15, 0.2) is 0 Å². The summed E-state index contributed by atoms with van der Waals surface area (Å²) in [5, 5.41) is 0. The number of rotatable bonds is 4. The first-order chi connectivity index (χ1) is 7.13. The molecule has 1 aromatic rings. The average molecular weight is 207 g/mol. The summed E-state index contributed by atoms with van der Waals surface area (Å²) in [6.45, 7) is 5.73. The minimum absolute atomic E-state index is 0.354. The van der Waals surface area contributed by atoms with E-state index in [1.54, 1.807) is 19.2 Å². The van der Waals surface area contributed by atoms with Crippen LogP contribution in [0.25, 0.3) is 0 Å². The Balaban J connectivity index is 2.74. The molecule has 80 valence electrons. The number of pyridine rings is 1. The number of hydrogen-bond donors (Lipinski definition) is 0. The van der Waals surface area contributed by atoms with Crippen LogP contribution in [0.1, 0.15) is 22.8 Å². The van der Waals surface area contributed by atoms with Crippen LogP contribution in [0.4, 0.5) is 0 Å². The number of ether oxygens (including phenoxy) is 2. The molecular weight excluding hydrogens is 194 g/mol. The molecule has 0 saturated heterocycles. The summed E-state index contributed by atoms with van der Waals surface area (Å²) < 4.78 is 9.79. The van der Waals surface area contributed by atoms with Crippen molar-refractivity contribution in [3.8, 4) is 0 Å². The molecule has 4 heteroatoms. The number of hydrogen-bond acceptors (Lipinski definition) is 4. The third-order valence-electron chi connectivity index (χ3n) is 1.70. The van der Waals surface area contributed by atoms with E-state index in [-0.39, 0.29) is 0 Å². The molecule has 1 rings (SSSR count). The fourth-order valence-corrected chi connectivity index (χ4v) is 1.00. The molecule has 0 fully saturated rings. The van der Waals surface area contributed by atoms with Gasteiger partial charge in [-0.25, -0.2) is 4.79 Å². The van der Waals surface area contributed by atoms with Crippen LogP contribution in [0.5, 0.6) is 0 Å². The van der Waals surface area contributed by atoms with Crippen molar-refractivity contribution in [2.24, 2.45) is 0 Å². The van der Waals surface area contributed by atoms with Crippen molar-refractivity contribution >= 4 is 5.97 Å². The van der Waals surface area contributed by atoms with Crippen LogP contribution in [-0.2, 0) is 16.1 Å². The van der Waals surface area contributed by atoms with Gasteiger partial charge in [0, 0.05) is 18.0 Å². The van der Waals surface area contributed by atoms with Gasteiger partial charge in [0.1, 0.15) is 6.61 Å². The average Bonchev–Trinajstić information content (AvgIpc) is 2.25. The fraction of sp³-hybridized carbons (Fsp3) is 0.273. The molecule has 0 bridgehead atoms. The first-order valence-electron chi connectivity index (χ1n) is 4.44. The van der Waals surface area contributed by atoms with Gasteiger partial charge in [-0.05, 0) is 13.0 Å². The van der Waals surface area contributed by atoms with Gasteiger partial charge in [-0.2, -0.15) is 0 Å². The van der Waals surface area contributed by atoms with Gasteiger partial charge in [0.2, 0.25) is 0 Å². The largest absolute Gasteiger partial charge is 0.494 e. The van der Waals surface area contributed by atoms with Gasteiger partial charge in [-0.3, -0.25) is 4.98 Å². The summed E-state index contributed by atoms with van der Waals surface area (Å²) in [7, 11) is 1.33. The van der Waals surface area contributed by atoms with Crippen LogP contribution in [0, 0.1) is 0 Å². The molecule has 1 heterocycles. The topological polar surface area (TPSA) is 48.4 Å². The predicted molar refractivity (Wildman–Crippen MR) is 55.2 cm³/mol. The smallest absolute Gasteiger partial charge is 0.339 e. The maximum absolute atomic E-state index is 11.2. The normalized spacial score (nSPS) is 9.47. The van der Waals surface area contributed by atoms with Crippen molar-refractivity contribution in [3.63, 3.8) is 0 Å². The number of nitrogens with zero attached hydrogens (tertiary/aromatic N) is 1. The molecule has 0 aliphatic heterocycles. The lowest BCUT2D eigenvalue weighted by molar-refractivity contribution is 0.0600. The molecule has 0 radical (unpaired) electrons. The van der Waals surface area contributed by atoms with Gasteiger partial charge >= 0.3 is 5.97 Å². The molecule has 1 aromatic heterocycles. The maximum atomic E-state index is 11.2. The molecule has 15 heavy (non-hydrogen) atoms. The van der Waals surface area contributed by atoms with E-state index >= 15 is 0 Å². The van der Waals surface area contributed by atoms with E-state index in [0.29, 0.717) is 17.9 Å². The summed E-state index contributed by atoms with van der Waals surface area (Å²) in [5.74, 6) is 0.221. The van der Waals surface area contributed by atoms with Gasteiger partial charge in [0.05, 0.1) is 18.4 Å². The summed E-state index contributed by atoms with van der Waals surface area (Å²) in [6, 6.07) is 1.68. The van der Waals surface area contributed by atoms with E-state index in [2.05, 4.69) is 16.3 Å². The number of carbonyl (C=O) groups is 1. The molecule has 4 nitrogen and oxygen atoms in total. The predicted octanol–water partition coefficient (Wildman–Crippen LogP) is 1.92. The van der Waals surface area contributed by atoms with E-state index in [1.807, 2.05) is 0 Å². The lowest BCUT2D eigenvalue weighted by atomic mass is 10.2. The standard InChI is InChI=1S/C11H13NO3/c1-8(2)15-7-9-4-10(6-12-5-9)11(13)14-3/h4-6H,1,7H2,2-3H3. The van der Waals surface area contributed by atoms with Crippen LogP contribution in [-0.4, -0.2) is 18.1 Å². The van der Waals surface area contributed by atoms with Gasteiger partial charge < -0.3 is 9.47 Å². The number of allylic oxidation sites excluding steroid dienone is 1. The third-order valence-corrected chi connectivity index (χ3v) is 1.70. The third kappa shape index (κ3) is 3.42. The first-order valence-corrected chi connectivity index (χ1v) is 4.44. The minimum atomic E-state index is -0.403. The fourth-order valence-electron chi connectivity index (χ4n) is 1.00. The van der Waals surface area contributed by atoms with Crippen LogP contribution < -0.4 is 0 Å².